The monoisotopic (exact) mass is 235 g/mol. The number of nitrogens with zero attached hydrogens (tertiary/aromatic N) is 3. The number of carbonyl (C=O) groups excluding carboxylic acids is 1. The summed E-state index contributed by atoms with van der Waals surface area (Å²) in [5.74, 6) is 0.708. The summed E-state index contributed by atoms with van der Waals surface area (Å²) in [5.41, 5.74) is 0.516. The summed E-state index contributed by atoms with van der Waals surface area (Å²) >= 11 is 0. The van der Waals surface area contributed by atoms with Crippen LogP contribution in [0.1, 0.15) is 50.9 Å². The number of anilines is 1. The van der Waals surface area contributed by atoms with Crippen molar-refractivity contribution in [2.24, 2.45) is 0 Å². The summed E-state index contributed by atoms with van der Waals surface area (Å²) in [6, 6.07) is 0.791. The van der Waals surface area contributed by atoms with Gasteiger partial charge in [0.1, 0.15) is 0 Å². The average Bonchev–Trinajstić information content (AvgIpc) is 2.39. The highest BCUT2D eigenvalue weighted by Crippen LogP contribution is 2.18. The lowest BCUT2D eigenvalue weighted by molar-refractivity contribution is 0.112. The van der Waals surface area contributed by atoms with Gasteiger partial charge in [0, 0.05) is 24.5 Å². The first-order valence-electron chi connectivity index (χ1n) is 6.19. The highest BCUT2D eigenvalue weighted by atomic mass is 16.1. The van der Waals surface area contributed by atoms with Gasteiger partial charge in [-0.2, -0.15) is 0 Å². The van der Waals surface area contributed by atoms with Crippen molar-refractivity contribution in [3.63, 3.8) is 0 Å². The third kappa shape index (κ3) is 3.25. The number of hydrogen-bond donors (Lipinski definition) is 0. The van der Waals surface area contributed by atoms with E-state index in [1.165, 1.54) is 0 Å². The van der Waals surface area contributed by atoms with Crippen LogP contribution in [0.25, 0.3) is 0 Å². The van der Waals surface area contributed by atoms with Gasteiger partial charge >= 0.3 is 0 Å². The molecule has 4 heteroatoms. The topological polar surface area (TPSA) is 46.1 Å². The van der Waals surface area contributed by atoms with Gasteiger partial charge in [0.15, 0.2) is 6.29 Å². The van der Waals surface area contributed by atoms with Gasteiger partial charge in [-0.05, 0) is 26.7 Å². The van der Waals surface area contributed by atoms with Crippen LogP contribution in [-0.4, -0.2) is 28.3 Å². The highest BCUT2D eigenvalue weighted by Gasteiger charge is 2.20. The summed E-state index contributed by atoms with van der Waals surface area (Å²) in [4.78, 5) is 21.3. The Bertz CT molecular complexity index is 340. The molecule has 0 N–H and O–H groups in total. The fraction of sp³-hybridized carbons (Fsp3) is 0.615. The van der Waals surface area contributed by atoms with Crippen molar-refractivity contribution >= 4 is 12.2 Å². The van der Waals surface area contributed by atoms with Crippen molar-refractivity contribution in [3.8, 4) is 0 Å². The summed E-state index contributed by atoms with van der Waals surface area (Å²) in [7, 11) is 0. The molecule has 0 aliphatic heterocycles. The first-order valence-corrected chi connectivity index (χ1v) is 6.19. The van der Waals surface area contributed by atoms with E-state index in [2.05, 4.69) is 42.6 Å². The van der Waals surface area contributed by atoms with Gasteiger partial charge in [0.25, 0.3) is 0 Å². The summed E-state index contributed by atoms with van der Waals surface area (Å²) in [5, 5.41) is 0. The molecule has 4 nitrogen and oxygen atoms in total. The second kappa shape index (κ2) is 6.33. The van der Waals surface area contributed by atoms with Crippen LogP contribution in [0.5, 0.6) is 0 Å². The Morgan fingerprint density at radius 3 is 2.00 bits per heavy atom. The summed E-state index contributed by atoms with van der Waals surface area (Å²) in [6.07, 6.45) is 6.01. The van der Waals surface area contributed by atoms with E-state index in [4.69, 9.17) is 0 Å². The van der Waals surface area contributed by atoms with Crippen molar-refractivity contribution < 1.29 is 4.79 Å². The molecule has 1 aromatic heterocycles. The van der Waals surface area contributed by atoms with Crippen molar-refractivity contribution in [2.45, 2.75) is 52.6 Å². The zero-order valence-corrected chi connectivity index (χ0v) is 11.1. The molecule has 17 heavy (non-hydrogen) atoms. The largest absolute Gasteiger partial charge is 0.335 e. The fourth-order valence-electron chi connectivity index (χ4n) is 1.75. The van der Waals surface area contributed by atoms with E-state index in [0.29, 0.717) is 23.6 Å². The standard InChI is InChI=1S/C13H21N3O/c1-5-10(3)16(11(4)6-2)13-14-7-12(9-17)8-15-13/h7-11H,5-6H2,1-4H3. The van der Waals surface area contributed by atoms with Crippen LogP contribution in [-0.2, 0) is 0 Å². The molecule has 0 fully saturated rings. The maximum atomic E-state index is 10.6. The molecule has 0 amide bonds. The number of carbonyl (C=O) groups is 1. The maximum Gasteiger partial charge on any atom is 0.225 e. The molecule has 1 rings (SSSR count). The van der Waals surface area contributed by atoms with Crippen LogP contribution in [0.3, 0.4) is 0 Å². The van der Waals surface area contributed by atoms with E-state index in [0.717, 1.165) is 19.1 Å². The van der Waals surface area contributed by atoms with Gasteiger partial charge in [-0.15, -0.1) is 0 Å². The number of hydrogen-bond acceptors (Lipinski definition) is 4. The summed E-state index contributed by atoms with van der Waals surface area (Å²) < 4.78 is 0. The zero-order chi connectivity index (χ0) is 12.8. The van der Waals surface area contributed by atoms with Crippen molar-refractivity contribution in [1.29, 1.82) is 0 Å². The third-order valence-electron chi connectivity index (χ3n) is 3.16. The molecular weight excluding hydrogens is 214 g/mol. The maximum absolute atomic E-state index is 10.6. The molecule has 2 unspecified atom stereocenters. The Labute approximate surface area is 103 Å². The minimum atomic E-state index is 0.395. The van der Waals surface area contributed by atoms with E-state index in [9.17, 15) is 4.79 Å². The minimum absolute atomic E-state index is 0.395. The molecule has 1 heterocycles. The van der Waals surface area contributed by atoms with Crippen molar-refractivity contribution in [1.82, 2.24) is 9.97 Å². The predicted molar refractivity (Wildman–Crippen MR) is 69.4 cm³/mol. The molecule has 94 valence electrons. The number of aldehydes is 1. The van der Waals surface area contributed by atoms with Crippen LogP contribution in [0.2, 0.25) is 0 Å². The van der Waals surface area contributed by atoms with E-state index in [1.807, 2.05) is 0 Å². The third-order valence-corrected chi connectivity index (χ3v) is 3.16. The highest BCUT2D eigenvalue weighted by molar-refractivity contribution is 5.73. The fourth-order valence-corrected chi connectivity index (χ4v) is 1.75. The van der Waals surface area contributed by atoms with E-state index in [-0.39, 0.29) is 0 Å². The lowest BCUT2D eigenvalue weighted by Crippen LogP contribution is -2.41. The average molecular weight is 235 g/mol. The van der Waals surface area contributed by atoms with E-state index in [1.54, 1.807) is 12.4 Å². The van der Waals surface area contributed by atoms with Gasteiger partial charge in [0.2, 0.25) is 5.95 Å². The number of aromatic nitrogens is 2. The molecule has 0 bridgehead atoms. The SMILES string of the molecule is CCC(C)N(c1ncc(C=O)cn1)C(C)CC. The molecule has 1 aromatic rings. The molecule has 0 saturated heterocycles. The van der Waals surface area contributed by atoms with Crippen LogP contribution in [0.15, 0.2) is 12.4 Å². The summed E-state index contributed by atoms with van der Waals surface area (Å²) in [6.45, 7) is 8.64. The van der Waals surface area contributed by atoms with Gasteiger partial charge < -0.3 is 4.90 Å². The first-order chi connectivity index (χ1) is 8.13. The van der Waals surface area contributed by atoms with Crippen LogP contribution in [0.4, 0.5) is 5.95 Å². The molecule has 0 aliphatic rings. The lowest BCUT2D eigenvalue weighted by atomic mass is 10.1. The molecule has 0 aromatic carbocycles. The first kappa shape index (κ1) is 13.6. The van der Waals surface area contributed by atoms with Gasteiger partial charge in [-0.25, -0.2) is 9.97 Å². The van der Waals surface area contributed by atoms with Crippen molar-refractivity contribution in [3.05, 3.63) is 18.0 Å². The molecule has 0 saturated carbocycles. The second-order valence-corrected chi connectivity index (χ2v) is 4.36. The minimum Gasteiger partial charge on any atom is -0.335 e. The molecule has 0 aliphatic carbocycles. The van der Waals surface area contributed by atoms with Gasteiger partial charge in [0.05, 0.1) is 5.56 Å². The Balaban J connectivity index is 2.99. The van der Waals surface area contributed by atoms with Gasteiger partial charge in [-0.3, -0.25) is 4.79 Å². The Hall–Kier alpha value is -1.45. The predicted octanol–water partition coefficient (Wildman–Crippen LogP) is 2.69. The Morgan fingerprint density at radius 1 is 1.18 bits per heavy atom. The van der Waals surface area contributed by atoms with Crippen molar-refractivity contribution in [2.75, 3.05) is 4.90 Å². The van der Waals surface area contributed by atoms with Crippen LogP contribution in [0, 0.1) is 0 Å². The normalized spacial score (nSPS) is 14.1. The lowest BCUT2D eigenvalue weighted by Gasteiger charge is -2.33. The molecule has 2 atom stereocenters. The number of rotatable bonds is 6. The smallest absolute Gasteiger partial charge is 0.225 e. The van der Waals surface area contributed by atoms with Crippen LogP contribution >= 0.6 is 0 Å². The Morgan fingerprint density at radius 2 is 1.65 bits per heavy atom. The van der Waals surface area contributed by atoms with E-state index >= 15 is 0 Å². The molecule has 0 radical (unpaired) electrons. The molecular formula is C13H21N3O. The second-order valence-electron chi connectivity index (χ2n) is 4.36. The zero-order valence-electron chi connectivity index (χ0n) is 11.1. The van der Waals surface area contributed by atoms with Crippen LogP contribution < -0.4 is 4.90 Å². The quantitative estimate of drug-likeness (QED) is 0.711. The molecule has 0 spiro atoms. The van der Waals surface area contributed by atoms with E-state index < -0.39 is 0 Å². The van der Waals surface area contributed by atoms with Gasteiger partial charge in [-0.1, -0.05) is 13.8 Å². The Kier molecular flexibility index (Phi) is 5.07.